The van der Waals surface area contributed by atoms with Crippen LogP contribution in [-0.2, 0) is 21.4 Å². The maximum atomic E-state index is 12.5. The minimum atomic E-state index is -5.52. The van der Waals surface area contributed by atoms with Crippen molar-refractivity contribution in [1.82, 2.24) is 5.32 Å². The monoisotopic (exact) mass is 601 g/mol. The summed E-state index contributed by atoms with van der Waals surface area (Å²) in [4.78, 5) is 17.1. The molecule has 1 amide bonds. The summed E-state index contributed by atoms with van der Waals surface area (Å²) in [6.07, 6.45) is 6.87. The first-order valence-corrected chi connectivity index (χ1v) is 15.2. The van der Waals surface area contributed by atoms with Crippen molar-refractivity contribution in [2.75, 3.05) is 4.72 Å². The van der Waals surface area contributed by atoms with Crippen LogP contribution in [0.25, 0.3) is 6.08 Å². The van der Waals surface area contributed by atoms with Crippen LogP contribution in [-0.4, -0.2) is 25.0 Å². The Morgan fingerprint density at radius 2 is 1.63 bits per heavy atom. The summed E-state index contributed by atoms with van der Waals surface area (Å²) >= 11 is 1.11. The highest BCUT2D eigenvalue weighted by Gasteiger charge is 2.46. The van der Waals surface area contributed by atoms with Crippen LogP contribution in [0.15, 0.2) is 82.7 Å². The number of rotatable bonds is 8. The van der Waals surface area contributed by atoms with Crippen LogP contribution in [0.2, 0.25) is 0 Å². The van der Waals surface area contributed by atoms with E-state index in [1.54, 1.807) is 6.08 Å². The predicted molar refractivity (Wildman–Crippen MR) is 154 cm³/mol. The lowest BCUT2D eigenvalue weighted by atomic mass is 9.97. The number of carbonyl (C=O) groups excluding carboxylic acids is 1. The minimum absolute atomic E-state index is 0.264. The van der Waals surface area contributed by atoms with Gasteiger partial charge in [-0.2, -0.15) is 21.6 Å². The van der Waals surface area contributed by atoms with E-state index in [9.17, 15) is 26.4 Å². The molecule has 0 bridgehead atoms. The molecule has 0 atom stereocenters. The fraction of sp³-hybridized carbons (Fsp3) is 0.241. The molecule has 2 aliphatic rings. The molecule has 1 heterocycles. The van der Waals surface area contributed by atoms with Crippen molar-refractivity contribution in [2.45, 2.75) is 43.7 Å². The number of anilines is 1. The van der Waals surface area contributed by atoms with Crippen LogP contribution in [0.4, 0.5) is 24.5 Å². The molecule has 0 unspecified atom stereocenters. The van der Waals surface area contributed by atoms with Crippen LogP contribution >= 0.6 is 11.8 Å². The third kappa shape index (κ3) is 7.31. The lowest BCUT2D eigenvalue weighted by Crippen LogP contribution is -2.29. The number of nitrogens with zero attached hydrogens (tertiary/aromatic N) is 1. The Balaban J connectivity index is 1.16. The van der Waals surface area contributed by atoms with Crippen molar-refractivity contribution in [3.05, 3.63) is 94.4 Å². The van der Waals surface area contributed by atoms with Gasteiger partial charge in [-0.15, -0.1) is 0 Å². The van der Waals surface area contributed by atoms with Gasteiger partial charge in [-0.3, -0.25) is 9.52 Å². The van der Waals surface area contributed by atoms with E-state index in [1.165, 1.54) is 48.1 Å². The second kappa shape index (κ2) is 12.0. The van der Waals surface area contributed by atoms with Crippen molar-refractivity contribution < 1.29 is 31.1 Å². The zero-order valence-corrected chi connectivity index (χ0v) is 23.3. The van der Waals surface area contributed by atoms with Gasteiger partial charge in [0, 0.05) is 5.69 Å². The van der Waals surface area contributed by atoms with Crippen LogP contribution in [0.5, 0.6) is 5.75 Å². The molecule has 3 aromatic rings. The first-order chi connectivity index (χ1) is 19.6. The first kappa shape index (κ1) is 28.7. The Labute approximate surface area is 240 Å². The molecule has 0 radical (unpaired) electrons. The molecule has 7 nitrogen and oxygen atoms in total. The Morgan fingerprint density at radius 3 is 2.27 bits per heavy atom. The summed E-state index contributed by atoms with van der Waals surface area (Å²) in [7, 11) is -5.52. The number of aliphatic imine (C=N–C) groups is 1. The summed E-state index contributed by atoms with van der Waals surface area (Å²) in [5, 5.41) is 2.92. The Bertz CT molecular complexity index is 1560. The third-order valence-electron chi connectivity index (χ3n) is 6.70. The van der Waals surface area contributed by atoms with Crippen molar-refractivity contribution in [3.8, 4) is 5.75 Å². The highest BCUT2D eigenvalue weighted by atomic mass is 32.2. The van der Waals surface area contributed by atoms with Crippen molar-refractivity contribution >= 4 is 50.3 Å². The zero-order chi connectivity index (χ0) is 29.0. The standard InChI is InChI=1S/C29H26F3N3O4S2/c30-29(31,32)41(37,38)35-24-13-11-23(12-14-24)33-28-34-27(36)26(40-28)17-19-7-15-25(16-8-19)39-18-20-5-9-22(10-6-20)21-3-1-2-4-21/h5-17,21,35H,1-4,18H2,(H,33,34,36)/b26-17+. The number of halogens is 3. The average molecular weight is 602 g/mol. The van der Waals surface area contributed by atoms with Crippen LogP contribution in [0, 0.1) is 0 Å². The van der Waals surface area contributed by atoms with E-state index in [0.29, 0.717) is 28.9 Å². The van der Waals surface area contributed by atoms with Crippen LogP contribution < -0.4 is 14.8 Å². The molecule has 1 saturated carbocycles. The number of thioether (sulfide) groups is 1. The fourth-order valence-corrected chi connectivity index (χ4v) is 5.94. The smallest absolute Gasteiger partial charge is 0.489 e. The lowest BCUT2D eigenvalue weighted by Gasteiger charge is -2.11. The molecule has 1 aliphatic heterocycles. The van der Waals surface area contributed by atoms with E-state index in [2.05, 4.69) is 34.6 Å². The Kier molecular flexibility index (Phi) is 8.41. The largest absolute Gasteiger partial charge is 0.516 e. The summed E-state index contributed by atoms with van der Waals surface area (Å²) in [6, 6.07) is 20.9. The predicted octanol–water partition coefficient (Wildman–Crippen LogP) is 7.08. The molecular formula is C29H26F3N3O4S2. The number of hydrogen-bond donors (Lipinski definition) is 2. The summed E-state index contributed by atoms with van der Waals surface area (Å²) in [6.45, 7) is 0.457. The highest BCUT2D eigenvalue weighted by molar-refractivity contribution is 8.18. The number of sulfonamides is 1. The number of carbonyl (C=O) groups is 1. The number of alkyl halides is 3. The van der Waals surface area contributed by atoms with Gasteiger partial charge in [0.1, 0.15) is 12.4 Å². The molecule has 2 fully saturated rings. The van der Waals surface area contributed by atoms with E-state index >= 15 is 0 Å². The van der Waals surface area contributed by atoms with Gasteiger partial charge in [0.05, 0.1) is 10.6 Å². The molecule has 0 spiro atoms. The maximum Gasteiger partial charge on any atom is 0.516 e. The number of benzene rings is 3. The van der Waals surface area contributed by atoms with Gasteiger partial charge in [0.15, 0.2) is 5.17 Å². The minimum Gasteiger partial charge on any atom is -0.489 e. The Morgan fingerprint density at radius 1 is 0.976 bits per heavy atom. The topological polar surface area (TPSA) is 96.9 Å². The SMILES string of the molecule is O=C1NC(=Nc2ccc(NS(=O)(=O)C(F)(F)F)cc2)S/C1=C/c1ccc(OCc2ccc(C3CCCC3)cc2)cc1. The van der Waals surface area contributed by atoms with Crippen molar-refractivity contribution in [2.24, 2.45) is 4.99 Å². The van der Waals surface area contributed by atoms with Gasteiger partial charge in [0.25, 0.3) is 5.91 Å². The molecule has 1 saturated heterocycles. The van der Waals surface area contributed by atoms with Gasteiger partial charge in [-0.25, -0.2) is 4.99 Å². The number of amidine groups is 1. The number of amides is 1. The first-order valence-electron chi connectivity index (χ1n) is 12.9. The second-order valence-electron chi connectivity index (χ2n) is 9.66. The van der Waals surface area contributed by atoms with Crippen molar-refractivity contribution in [3.63, 3.8) is 0 Å². The summed E-state index contributed by atoms with van der Waals surface area (Å²) in [5.41, 5.74) is -2.08. The molecule has 214 valence electrons. The normalized spacial score (nSPS) is 18.2. The molecular weight excluding hydrogens is 575 g/mol. The van der Waals surface area contributed by atoms with E-state index in [0.717, 1.165) is 35.0 Å². The van der Waals surface area contributed by atoms with Gasteiger partial charge in [-0.05, 0) is 89.7 Å². The molecule has 5 rings (SSSR count). The number of hydrogen-bond acceptors (Lipinski definition) is 6. The second-order valence-corrected chi connectivity index (χ2v) is 12.4. The lowest BCUT2D eigenvalue weighted by molar-refractivity contribution is -0.115. The van der Waals surface area contributed by atoms with E-state index in [1.807, 2.05) is 24.3 Å². The van der Waals surface area contributed by atoms with Gasteiger partial charge in [0.2, 0.25) is 0 Å². The quantitative estimate of drug-likeness (QED) is 0.269. The van der Waals surface area contributed by atoms with E-state index in [4.69, 9.17) is 4.74 Å². The average Bonchev–Trinajstić information content (AvgIpc) is 3.59. The van der Waals surface area contributed by atoms with E-state index < -0.39 is 15.5 Å². The molecule has 12 heteroatoms. The number of ether oxygens (including phenoxy) is 1. The third-order valence-corrected chi connectivity index (χ3v) is 8.72. The van der Waals surface area contributed by atoms with Crippen LogP contribution in [0.3, 0.4) is 0 Å². The zero-order valence-electron chi connectivity index (χ0n) is 21.6. The van der Waals surface area contributed by atoms with Crippen molar-refractivity contribution in [1.29, 1.82) is 0 Å². The summed E-state index contributed by atoms with van der Waals surface area (Å²) < 4.78 is 67.5. The highest BCUT2D eigenvalue weighted by Crippen LogP contribution is 2.34. The van der Waals surface area contributed by atoms with Gasteiger partial charge in [-0.1, -0.05) is 49.2 Å². The Hall–Kier alpha value is -3.77. The fourth-order valence-electron chi connectivity index (χ4n) is 4.54. The summed E-state index contributed by atoms with van der Waals surface area (Å²) in [5.74, 6) is 1.05. The molecule has 0 aromatic heterocycles. The molecule has 3 aromatic carbocycles. The molecule has 41 heavy (non-hydrogen) atoms. The molecule has 1 aliphatic carbocycles. The number of nitrogens with one attached hydrogen (secondary N) is 2. The van der Waals surface area contributed by atoms with Gasteiger partial charge < -0.3 is 10.1 Å². The van der Waals surface area contributed by atoms with Crippen LogP contribution in [0.1, 0.15) is 48.3 Å². The maximum absolute atomic E-state index is 12.5. The molecule has 2 N–H and O–H groups in total. The van der Waals surface area contributed by atoms with E-state index in [-0.39, 0.29) is 16.8 Å². The van der Waals surface area contributed by atoms with Gasteiger partial charge >= 0.3 is 15.5 Å².